The lowest BCUT2D eigenvalue weighted by atomic mass is 10.1. The first-order valence-electron chi connectivity index (χ1n) is 9.63. The van der Waals surface area contributed by atoms with Crippen molar-refractivity contribution in [3.63, 3.8) is 0 Å². The number of hydrogen-bond acceptors (Lipinski definition) is 3. The lowest BCUT2D eigenvalue weighted by molar-refractivity contribution is -0.117. The summed E-state index contributed by atoms with van der Waals surface area (Å²) in [6, 6.07) is 13.1. The van der Waals surface area contributed by atoms with E-state index in [4.69, 9.17) is 11.6 Å². The molecule has 1 N–H and O–H groups in total. The van der Waals surface area contributed by atoms with Gasteiger partial charge in [-0.2, -0.15) is 0 Å². The second kappa shape index (κ2) is 9.22. The fourth-order valence-electron chi connectivity index (χ4n) is 3.50. The van der Waals surface area contributed by atoms with E-state index in [0.29, 0.717) is 43.3 Å². The van der Waals surface area contributed by atoms with E-state index >= 15 is 0 Å². The van der Waals surface area contributed by atoms with Crippen LogP contribution in [0.4, 0.5) is 5.69 Å². The van der Waals surface area contributed by atoms with E-state index in [1.54, 1.807) is 24.3 Å². The molecule has 1 heterocycles. The van der Waals surface area contributed by atoms with Gasteiger partial charge in [0.05, 0.1) is 6.54 Å². The third-order valence-corrected chi connectivity index (χ3v) is 5.34. The van der Waals surface area contributed by atoms with Crippen molar-refractivity contribution in [2.75, 3.05) is 38.0 Å². The molecule has 0 radical (unpaired) electrons. The number of carbonyl (C=O) groups is 2. The summed E-state index contributed by atoms with van der Waals surface area (Å²) in [4.78, 5) is 29.0. The van der Waals surface area contributed by atoms with E-state index in [2.05, 4.69) is 17.1 Å². The molecular formula is C22H26ClN3O2. The number of halogens is 1. The molecule has 0 bridgehead atoms. The van der Waals surface area contributed by atoms with Crippen molar-refractivity contribution in [1.29, 1.82) is 0 Å². The zero-order chi connectivity index (χ0) is 20.1. The highest BCUT2D eigenvalue weighted by Gasteiger charge is 2.23. The zero-order valence-electron chi connectivity index (χ0n) is 16.4. The summed E-state index contributed by atoms with van der Waals surface area (Å²) >= 11 is 5.98. The monoisotopic (exact) mass is 399 g/mol. The molecular weight excluding hydrogens is 374 g/mol. The molecule has 0 saturated carbocycles. The number of rotatable bonds is 5. The van der Waals surface area contributed by atoms with Crippen LogP contribution in [0, 0.1) is 6.92 Å². The molecule has 2 aromatic rings. The number of nitrogens with zero attached hydrogens (tertiary/aromatic N) is 2. The number of hydrogen-bond donors (Lipinski definition) is 1. The molecule has 5 nitrogen and oxygen atoms in total. The predicted molar refractivity (Wildman–Crippen MR) is 113 cm³/mol. The quantitative estimate of drug-likeness (QED) is 0.835. The van der Waals surface area contributed by atoms with Crippen LogP contribution in [0.5, 0.6) is 0 Å². The second-order valence-electron chi connectivity index (χ2n) is 7.09. The lowest BCUT2D eigenvalue weighted by Gasteiger charge is -2.34. The highest BCUT2D eigenvalue weighted by Crippen LogP contribution is 2.21. The van der Waals surface area contributed by atoms with Gasteiger partial charge in [0.1, 0.15) is 0 Å². The first kappa shape index (κ1) is 20.4. The molecule has 1 fully saturated rings. The van der Waals surface area contributed by atoms with Crippen LogP contribution in [0.15, 0.2) is 42.5 Å². The van der Waals surface area contributed by atoms with Gasteiger partial charge in [0.15, 0.2) is 0 Å². The molecule has 1 saturated heterocycles. The van der Waals surface area contributed by atoms with Crippen LogP contribution in [0.1, 0.15) is 28.4 Å². The van der Waals surface area contributed by atoms with Crippen LogP contribution in [-0.2, 0) is 11.2 Å². The molecule has 1 aliphatic heterocycles. The van der Waals surface area contributed by atoms with Gasteiger partial charge in [0.25, 0.3) is 5.91 Å². The normalized spacial score (nSPS) is 14.8. The molecule has 0 atom stereocenters. The van der Waals surface area contributed by atoms with Crippen molar-refractivity contribution >= 4 is 29.1 Å². The molecule has 6 heteroatoms. The Morgan fingerprint density at radius 2 is 1.79 bits per heavy atom. The topological polar surface area (TPSA) is 52.7 Å². The van der Waals surface area contributed by atoms with E-state index < -0.39 is 0 Å². The minimum Gasteiger partial charge on any atom is -0.336 e. The van der Waals surface area contributed by atoms with E-state index in [0.717, 1.165) is 23.2 Å². The number of amides is 2. The largest absolute Gasteiger partial charge is 0.336 e. The summed E-state index contributed by atoms with van der Waals surface area (Å²) in [7, 11) is 0. The number of aryl methyl sites for hydroxylation is 2. The number of carbonyl (C=O) groups excluding carboxylic acids is 2. The van der Waals surface area contributed by atoms with Crippen LogP contribution in [0.2, 0.25) is 5.02 Å². The van der Waals surface area contributed by atoms with Crippen LogP contribution in [0.3, 0.4) is 0 Å². The standard InChI is InChI=1S/C22H26ClN3O2/c1-3-17-7-4-6-16(2)21(17)24-20(27)15-25-10-12-26(13-11-25)22(28)18-8-5-9-19(23)14-18/h4-9,14H,3,10-13,15H2,1-2H3,(H,24,27). The zero-order valence-corrected chi connectivity index (χ0v) is 17.1. The number of para-hydroxylation sites is 1. The van der Waals surface area contributed by atoms with Gasteiger partial charge >= 0.3 is 0 Å². The maximum Gasteiger partial charge on any atom is 0.253 e. The Morgan fingerprint density at radius 1 is 1.07 bits per heavy atom. The molecule has 28 heavy (non-hydrogen) atoms. The first-order valence-corrected chi connectivity index (χ1v) is 10.0. The van der Waals surface area contributed by atoms with Crippen molar-refractivity contribution in [3.05, 3.63) is 64.2 Å². The number of anilines is 1. The van der Waals surface area contributed by atoms with Gasteiger partial charge in [0, 0.05) is 42.5 Å². The molecule has 0 aromatic heterocycles. The Labute approximate surface area is 171 Å². The van der Waals surface area contributed by atoms with Crippen molar-refractivity contribution in [1.82, 2.24) is 9.80 Å². The molecule has 1 aliphatic rings. The summed E-state index contributed by atoms with van der Waals surface area (Å²) in [5, 5.41) is 3.63. The second-order valence-corrected chi connectivity index (χ2v) is 7.53. The minimum absolute atomic E-state index is 0.0147. The maximum absolute atomic E-state index is 12.6. The van der Waals surface area contributed by atoms with Gasteiger partial charge in [-0.25, -0.2) is 0 Å². The highest BCUT2D eigenvalue weighted by atomic mass is 35.5. The van der Waals surface area contributed by atoms with Gasteiger partial charge in [-0.15, -0.1) is 0 Å². The van der Waals surface area contributed by atoms with Crippen molar-refractivity contribution in [3.8, 4) is 0 Å². The van der Waals surface area contributed by atoms with Crippen LogP contribution in [0.25, 0.3) is 0 Å². The Balaban J connectivity index is 1.53. The van der Waals surface area contributed by atoms with E-state index in [1.807, 2.05) is 30.0 Å². The molecule has 0 spiro atoms. The summed E-state index contributed by atoms with van der Waals surface area (Å²) in [6.45, 7) is 6.97. The maximum atomic E-state index is 12.6. The number of piperazine rings is 1. The third kappa shape index (κ3) is 4.91. The average molecular weight is 400 g/mol. The minimum atomic E-state index is -0.0152. The Morgan fingerprint density at radius 3 is 2.46 bits per heavy atom. The Hall–Kier alpha value is -2.37. The smallest absolute Gasteiger partial charge is 0.253 e. The fourth-order valence-corrected chi connectivity index (χ4v) is 3.69. The van der Waals surface area contributed by atoms with Crippen LogP contribution in [-0.4, -0.2) is 54.3 Å². The fraction of sp³-hybridized carbons (Fsp3) is 0.364. The van der Waals surface area contributed by atoms with Crippen LogP contribution < -0.4 is 5.32 Å². The molecule has 0 aliphatic carbocycles. The predicted octanol–water partition coefficient (Wildman–Crippen LogP) is 3.61. The number of benzene rings is 2. The average Bonchev–Trinajstić information content (AvgIpc) is 2.69. The summed E-state index contributed by atoms with van der Waals surface area (Å²) < 4.78 is 0. The molecule has 2 aromatic carbocycles. The van der Waals surface area contributed by atoms with Gasteiger partial charge < -0.3 is 10.2 Å². The number of nitrogens with one attached hydrogen (secondary N) is 1. The van der Waals surface area contributed by atoms with Crippen molar-refractivity contribution < 1.29 is 9.59 Å². The molecule has 0 unspecified atom stereocenters. The van der Waals surface area contributed by atoms with Crippen molar-refractivity contribution in [2.45, 2.75) is 20.3 Å². The Bertz CT molecular complexity index is 861. The van der Waals surface area contributed by atoms with E-state index in [9.17, 15) is 9.59 Å². The van der Waals surface area contributed by atoms with Gasteiger partial charge in [0.2, 0.25) is 5.91 Å². The first-order chi connectivity index (χ1) is 13.5. The third-order valence-electron chi connectivity index (χ3n) is 5.10. The van der Waals surface area contributed by atoms with Crippen molar-refractivity contribution in [2.24, 2.45) is 0 Å². The molecule has 3 rings (SSSR count). The van der Waals surface area contributed by atoms with Crippen LogP contribution >= 0.6 is 11.6 Å². The van der Waals surface area contributed by atoms with E-state index in [1.165, 1.54) is 0 Å². The Kier molecular flexibility index (Phi) is 6.70. The molecule has 148 valence electrons. The van der Waals surface area contributed by atoms with E-state index in [-0.39, 0.29) is 11.8 Å². The summed E-state index contributed by atoms with van der Waals surface area (Å²) in [5.74, 6) is -0.0299. The summed E-state index contributed by atoms with van der Waals surface area (Å²) in [5.41, 5.74) is 3.74. The van der Waals surface area contributed by atoms with Gasteiger partial charge in [-0.05, 0) is 42.7 Å². The van der Waals surface area contributed by atoms with Gasteiger partial charge in [-0.3, -0.25) is 14.5 Å². The van der Waals surface area contributed by atoms with Gasteiger partial charge in [-0.1, -0.05) is 42.8 Å². The molecule has 2 amide bonds. The SMILES string of the molecule is CCc1cccc(C)c1NC(=O)CN1CCN(C(=O)c2cccc(Cl)c2)CC1. The summed E-state index contributed by atoms with van der Waals surface area (Å²) in [6.07, 6.45) is 0.877. The lowest BCUT2D eigenvalue weighted by Crippen LogP contribution is -2.50. The highest BCUT2D eigenvalue weighted by molar-refractivity contribution is 6.30.